The largest absolute Gasteiger partial charge is 0.355 e. The Kier molecular flexibility index (Phi) is 5.97. The van der Waals surface area contributed by atoms with Crippen LogP contribution in [0.5, 0.6) is 0 Å². The first-order valence-electron chi connectivity index (χ1n) is 9.97. The van der Waals surface area contributed by atoms with Crippen molar-refractivity contribution in [3.8, 4) is 0 Å². The minimum Gasteiger partial charge on any atom is -0.274 e. The van der Waals surface area contributed by atoms with Crippen LogP contribution in [0.15, 0.2) is 48.5 Å². The maximum Gasteiger partial charge on any atom is 0.355 e. The molecule has 3 rings (SSSR count). The van der Waals surface area contributed by atoms with Crippen molar-refractivity contribution in [1.82, 2.24) is 5.32 Å². The zero-order valence-corrected chi connectivity index (χ0v) is 16.5. The second kappa shape index (κ2) is 8.39. The Hall–Kier alpha value is -2.29. The van der Waals surface area contributed by atoms with Crippen LogP contribution in [0.3, 0.4) is 0 Å². The fraction of sp³-hybridized carbons (Fsp3) is 0.435. The van der Waals surface area contributed by atoms with E-state index in [-0.39, 0.29) is 0 Å². The first-order chi connectivity index (χ1) is 12.6. The smallest absolute Gasteiger partial charge is 0.274 e. The molecule has 2 N–H and O–H groups in total. The van der Waals surface area contributed by atoms with E-state index in [0.717, 1.165) is 24.7 Å². The number of hydrogen-bond donors (Lipinski definition) is 2. The predicted octanol–water partition coefficient (Wildman–Crippen LogP) is 5.43. The highest BCUT2D eigenvalue weighted by atomic mass is 15.3. The van der Waals surface area contributed by atoms with E-state index in [0.29, 0.717) is 11.8 Å². The SMILES string of the molecule is CCC(C)c1ccc(NC2=[N+](c3ccc(C(C)CC)cc3)CCN2)cc1. The average Bonchev–Trinajstić information content (AvgIpc) is 3.15. The van der Waals surface area contributed by atoms with E-state index in [2.05, 4.69) is 91.4 Å². The fourth-order valence-electron chi connectivity index (χ4n) is 3.35. The van der Waals surface area contributed by atoms with E-state index in [1.165, 1.54) is 29.7 Å². The lowest BCUT2D eigenvalue weighted by atomic mass is 9.98. The quantitative estimate of drug-likeness (QED) is 0.680. The Labute approximate surface area is 158 Å². The van der Waals surface area contributed by atoms with Gasteiger partial charge in [0.1, 0.15) is 12.2 Å². The second-order valence-corrected chi connectivity index (χ2v) is 7.38. The van der Waals surface area contributed by atoms with Crippen molar-refractivity contribution in [3.05, 3.63) is 59.7 Å². The molecule has 2 unspecified atom stereocenters. The first kappa shape index (κ1) is 18.5. The van der Waals surface area contributed by atoms with E-state index >= 15 is 0 Å². The molecule has 26 heavy (non-hydrogen) atoms. The molecule has 2 aromatic rings. The van der Waals surface area contributed by atoms with Crippen molar-refractivity contribution < 1.29 is 4.58 Å². The molecule has 3 heteroatoms. The number of benzene rings is 2. The van der Waals surface area contributed by atoms with Crippen LogP contribution >= 0.6 is 0 Å². The molecule has 0 aromatic heterocycles. The Morgan fingerprint density at radius 2 is 1.42 bits per heavy atom. The number of anilines is 1. The third kappa shape index (κ3) is 4.09. The molecular formula is C23H32N3+. The summed E-state index contributed by atoms with van der Waals surface area (Å²) in [6, 6.07) is 17.8. The third-order valence-corrected chi connectivity index (χ3v) is 5.64. The monoisotopic (exact) mass is 350 g/mol. The predicted molar refractivity (Wildman–Crippen MR) is 112 cm³/mol. The summed E-state index contributed by atoms with van der Waals surface area (Å²) in [5, 5.41) is 7.04. The molecule has 0 aliphatic carbocycles. The zero-order chi connectivity index (χ0) is 18.5. The summed E-state index contributed by atoms with van der Waals surface area (Å²) in [5.74, 6) is 2.30. The van der Waals surface area contributed by atoms with E-state index in [1.807, 2.05) is 0 Å². The second-order valence-electron chi connectivity index (χ2n) is 7.38. The molecule has 0 fully saturated rings. The number of hydrogen-bond acceptors (Lipinski definition) is 2. The maximum absolute atomic E-state index is 3.55. The van der Waals surface area contributed by atoms with Gasteiger partial charge in [0.25, 0.3) is 0 Å². The molecule has 1 aliphatic rings. The topological polar surface area (TPSA) is 27.1 Å². The zero-order valence-electron chi connectivity index (χ0n) is 16.5. The van der Waals surface area contributed by atoms with Gasteiger partial charge >= 0.3 is 5.96 Å². The minimum absolute atomic E-state index is 0.613. The van der Waals surface area contributed by atoms with Gasteiger partial charge in [-0.15, -0.1) is 0 Å². The Morgan fingerprint density at radius 3 is 1.96 bits per heavy atom. The third-order valence-electron chi connectivity index (χ3n) is 5.64. The molecule has 0 spiro atoms. The van der Waals surface area contributed by atoms with Crippen LogP contribution in [-0.4, -0.2) is 23.6 Å². The molecule has 0 radical (unpaired) electrons. The molecule has 0 saturated heterocycles. The molecule has 2 aromatic carbocycles. The standard InChI is InChI=1S/C23H31N3/c1-5-17(3)19-7-11-21(12-8-19)25-23-24-15-16-26(23)22-13-9-20(10-14-22)18(4)6-2/h7-14,17-18H,5-6,15-16H2,1-4H3,(H,24,25)/p+1. The fourth-order valence-corrected chi connectivity index (χ4v) is 3.35. The molecule has 3 nitrogen and oxygen atoms in total. The van der Waals surface area contributed by atoms with Crippen LogP contribution in [-0.2, 0) is 0 Å². The van der Waals surface area contributed by atoms with Gasteiger partial charge in [0, 0.05) is 0 Å². The maximum atomic E-state index is 3.55. The highest BCUT2D eigenvalue weighted by Gasteiger charge is 2.22. The molecule has 0 amide bonds. The van der Waals surface area contributed by atoms with Crippen LogP contribution in [0.25, 0.3) is 0 Å². The van der Waals surface area contributed by atoms with Crippen LogP contribution in [0.4, 0.5) is 11.4 Å². The van der Waals surface area contributed by atoms with Gasteiger partial charge in [-0.05, 0) is 60.1 Å². The summed E-state index contributed by atoms with van der Waals surface area (Å²) < 4.78 is 2.32. The van der Waals surface area contributed by atoms with Gasteiger partial charge in [-0.3, -0.25) is 5.32 Å². The van der Waals surface area contributed by atoms with Crippen molar-refractivity contribution in [2.75, 3.05) is 18.4 Å². The van der Waals surface area contributed by atoms with Crippen molar-refractivity contribution in [3.63, 3.8) is 0 Å². The van der Waals surface area contributed by atoms with Gasteiger partial charge in [-0.25, -0.2) is 9.89 Å². The van der Waals surface area contributed by atoms with Crippen molar-refractivity contribution >= 4 is 17.3 Å². The van der Waals surface area contributed by atoms with Gasteiger partial charge in [-0.1, -0.05) is 52.0 Å². The average molecular weight is 351 g/mol. The highest BCUT2D eigenvalue weighted by Crippen LogP contribution is 2.23. The van der Waals surface area contributed by atoms with Crippen LogP contribution in [0, 0.1) is 0 Å². The van der Waals surface area contributed by atoms with Crippen molar-refractivity contribution in [2.45, 2.75) is 52.4 Å². The number of rotatable bonds is 6. The van der Waals surface area contributed by atoms with E-state index < -0.39 is 0 Å². The number of nitrogens with zero attached hydrogens (tertiary/aromatic N) is 1. The summed E-state index contributed by atoms with van der Waals surface area (Å²) >= 11 is 0. The lowest BCUT2D eigenvalue weighted by molar-refractivity contribution is -0.428. The normalized spacial score (nSPS) is 16.3. The molecule has 0 saturated carbocycles. The van der Waals surface area contributed by atoms with Gasteiger partial charge in [0.2, 0.25) is 0 Å². The number of nitrogens with one attached hydrogen (secondary N) is 2. The Bertz CT molecular complexity index is 744. The van der Waals surface area contributed by atoms with Gasteiger partial charge < -0.3 is 0 Å². The van der Waals surface area contributed by atoms with Gasteiger partial charge in [-0.2, -0.15) is 0 Å². The van der Waals surface area contributed by atoms with Crippen LogP contribution < -0.4 is 10.6 Å². The molecule has 138 valence electrons. The van der Waals surface area contributed by atoms with E-state index in [4.69, 9.17) is 0 Å². The molecular weight excluding hydrogens is 318 g/mol. The van der Waals surface area contributed by atoms with E-state index in [1.54, 1.807) is 0 Å². The highest BCUT2D eigenvalue weighted by molar-refractivity contribution is 5.91. The van der Waals surface area contributed by atoms with Crippen LogP contribution in [0.2, 0.25) is 0 Å². The lowest BCUT2D eigenvalue weighted by Crippen LogP contribution is -2.29. The Morgan fingerprint density at radius 1 is 0.885 bits per heavy atom. The van der Waals surface area contributed by atoms with Gasteiger partial charge in [0.15, 0.2) is 0 Å². The minimum atomic E-state index is 0.613. The summed E-state index contributed by atoms with van der Waals surface area (Å²) in [4.78, 5) is 0. The molecule has 1 heterocycles. The van der Waals surface area contributed by atoms with Crippen molar-refractivity contribution in [1.29, 1.82) is 0 Å². The summed E-state index contributed by atoms with van der Waals surface area (Å²) in [6.45, 7) is 11.0. The summed E-state index contributed by atoms with van der Waals surface area (Å²) in [6.07, 6.45) is 2.35. The molecule has 2 atom stereocenters. The van der Waals surface area contributed by atoms with Crippen molar-refractivity contribution in [2.24, 2.45) is 0 Å². The van der Waals surface area contributed by atoms with Crippen LogP contribution in [0.1, 0.15) is 63.5 Å². The molecule has 1 aliphatic heterocycles. The van der Waals surface area contributed by atoms with E-state index in [9.17, 15) is 0 Å². The summed E-state index contributed by atoms with van der Waals surface area (Å²) in [7, 11) is 0. The lowest BCUT2D eigenvalue weighted by Gasteiger charge is -2.11. The first-order valence-corrected chi connectivity index (χ1v) is 9.97. The summed E-state index contributed by atoms with van der Waals surface area (Å²) in [5.41, 5.74) is 5.18. The Balaban J connectivity index is 1.77. The molecule has 0 bridgehead atoms. The van der Waals surface area contributed by atoms with Gasteiger partial charge in [0.05, 0.1) is 12.2 Å². The number of guanidine groups is 1.